The van der Waals surface area contributed by atoms with Crippen LogP contribution in [0, 0.1) is 0 Å². The monoisotopic (exact) mass is 597 g/mol. The Labute approximate surface area is 240 Å². The highest BCUT2D eigenvalue weighted by molar-refractivity contribution is 5.34. The molecule has 2 fully saturated rings. The Hall–Kier alpha value is -3.00. The highest BCUT2D eigenvalue weighted by Gasteiger charge is 2.39. The molecular weight excluding hydrogens is 564 g/mol. The summed E-state index contributed by atoms with van der Waals surface area (Å²) in [5.41, 5.74) is -2.20. The number of alkyl halides is 6. The molecule has 0 bridgehead atoms. The minimum Gasteiger partial charge on any atom is -0.349 e. The molecule has 0 spiro atoms. The van der Waals surface area contributed by atoms with E-state index in [1.54, 1.807) is 6.33 Å². The molecule has 42 heavy (non-hydrogen) atoms. The van der Waals surface area contributed by atoms with Crippen LogP contribution in [-0.4, -0.2) is 63.6 Å². The van der Waals surface area contributed by atoms with E-state index in [4.69, 9.17) is 9.47 Å². The van der Waals surface area contributed by atoms with Crippen LogP contribution in [-0.2, 0) is 34.9 Å². The number of benzene rings is 2. The first kappa shape index (κ1) is 30.5. The van der Waals surface area contributed by atoms with E-state index in [2.05, 4.69) is 19.9 Å². The molecule has 2 aliphatic rings. The molecule has 1 aromatic heterocycles. The molecule has 0 amide bonds. The largest absolute Gasteiger partial charge is 0.416 e. The van der Waals surface area contributed by atoms with E-state index in [0.717, 1.165) is 31.7 Å². The SMILES string of the molecule is CC(O[C@H]1OCCN(Cc2ncn(CCN3CCCC3)n2)[C@H]1c1ccccc1)c1cc(C(F)(F)F)cc(C(F)(F)F)c1. The number of nitrogens with zero attached hydrogens (tertiary/aromatic N) is 5. The van der Waals surface area contributed by atoms with E-state index >= 15 is 0 Å². The summed E-state index contributed by atoms with van der Waals surface area (Å²) in [4.78, 5) is 8.93. The summed E-state index contributed by atoms with van der Waals surface area (Å²) in [5, 5.41) is 4.63. The average Bonchev–Trinajstić information content (AvgIpc) is 3.63. The van der Waals surface area contributed by atoms with Crippen LogP contribution in [0.3, 0.4) is 0 Å². The molecule has 2 aromatic carbocycles. The minimum atomic E-state index is -4.95. The molecule has 2 saturated heterocycles. The third kappa shape index (κ3) is 7.49. The molecule has 0 radical (unpaired) electrons. The van der Waals surface area contributed by atoms with Gasteiger partial charge in [0.2, 0.25) is 0 Å². The topological polar surface area (TPSA) is 55.7 Å². The lowest BCUT2D eigenvalue weighted by molar-refractivity contribution is -0.231. The summed E-state index contributed by atoms with van der Waals surface area (Å²) < 4.78 is 94.7. The summed E-state index contributed by atoms with van der Waals surface area (Å²) in [6, 6.07) is 10.3. The van der Waals surface area contributed by atoms with Gasteiger partial charge < -0.3 is 14.4 Å². The highest BCUT2D eigenvalue weighted by atomic mass is 19.4. The fourth-order valence-electron chi connectivity index (χ4n) is 5.44. The normalized spacial score (nSPS) is 21.6. The van der Waals surface area contributed by atoms with Crippen LogP contribution in [0.2, 0.25) is 0 Å². The van der Waals surface area contributed by atoms with Crippen LogP contribution in [0.1, 0.15) is 60.0 Å². The smallest absolute Gasteiger partial charge is 0.349 e. The molecule has 228 valence electrons. The van der Waals surface area contributed by atoms with Gasteiger partial charge >= 0.3 is 12.4 Å². The summed E-state index contributed by atoms with van der Waals surface area (Å²) in [5.74, 6) is 0.596. The Morgan fingerprint density at radius 1 is 0.929 bits per heavy atom. The number of hydrogen-bond donors (Lipinski definition) is 0. The first-order chi connectivity index (χ1) is 20.0. The van der Waals surface area contributed by atoms with Crippen molar-refractivity contribution in [2.45, 2.75) is 63.6 Å². The lowest BCUT2D eigenvalue weighted by Gasteiger charge is -2.41. The Balaban J connectivity index is 1.35. The number of hydrogen-bond acceptors (Lipinski definition) is 6. The molecule has 7 nitrogen and oxygen atoms in total. The number of halogens is 6. The van der Waals surface area contributed by atoms with Gasteiger partial charge in [0.25, 0.3) is 0 Å². The van der Waals surface area contributed by atoms with Gasteiger partial charge in [0, 0.05) is 13.1 Å². The van der Waals surface area contributed by atoms with Crippen LogP contribution in [0.25, 0.3) is 0 Å². The van der Waals surface area contributed by atoms with Crippen molar-refractivity contribution in [3.8, 4) is 0 Å². The predicted octanol–water partition coefficient (Wildman–Crippen LogP) is 6.09. The van der Waals surface area contributed by atoms with Crippen molar-refractivity contribution in [3.63, 3.8) is 0 Å². The molecule has 0 N–H and O–H groups in total. The lowest BCUT2D eigenvalue weighted by Crippen LogP contribution is -2.46. The van der Waals surface area contributed by atoms with Gasteiger partial charge in [0.05, 0.1) is 43.0 Å². The molecule has 3 aromatic rings. The van der Waals surface area contributed by atoms with E-state index in [1.807, 2.05) is 35.0 Å². The number of likely N-dealkylation sites (tertiary alicyclic amines) is 1. The second-order valence-electron chi connectivity index (χ2n) is 10.7. The Morgan fingerprint density at radius 3 is 2.24 bits per heavy atom. The summed E-state index contributed by atoms with van der Waals surface area (Å²) >= 11 is 0. The van der Waals surface area contributed by atoms with Gasteiger partial charge in [-0.1, -0.05) is 30.3 Å². The van der Waals surface area contributed by atoms with Crippen LogP contribution in [0.15, 0.2) is 54.9 Å². The molecule has 0 aliphatic carbocycles. The fraction of sp³-hybridized carbons (Fsp3) is 0.517. The van der Waals surface area contributed by atoms with Crippen LogP contribution >= 0.6 is 0 Å². The van der Waals surface area contributed by atoms with E-state index in [0.29, 0.717) is 31.0 Å². The van der Waals surface area contributed by atoms with Crippen molar-refractivity contribution in [3.05, 3.63) is 82.9 Å². The number of rotatable bonds is 9. The van der Waals surface area contributed by atoms with Gasteiger partial charge in [0.15, 0.2) is 12.1 Å². The lowest BCUT2D eigenvalue weighted by atomic mass is 10.0. The summed E-state index contributed by atoms with van der Waals surface area (Å²) in [6.07, 6.45) is -7.90. The molecule has 3 atom stereocenters. The average molecular weight is 598 g/mol. The maximum absolute atomic E-state index is 13.5. The highest BCUT2D eigenvalue weighted by Crippen LogP contribution is 2.39. The standard InChI is InChI=1S/C29H33F6N5O2/c1-20(22-15-23(28(30,31)32)17-24(16-22)29(33,34)35)42-27-26(21-7-3-2-4-8-21)39(13-14-41-27)18-25-36-19-40(37-25)12-11-38-9-5-6-10-38/h2-4,7-8,15-17,19-20,26-27H,5-6,9-14,18H2,1H3/t20?,26-,27+/m0/s1. The third-order valence-corrected chi connectivity index (χ3v) is 7.64. The molecular formula is C29H33F6N5O2. The van der Waals surface area contributed by atoms with Gasteiger partial charge in [0.1, 0.15) is 6.33 Å². The van der Waals surface area contributed by atoms with Crippen LogP contribution < -0.4 is 0 Å². The van der Waals surface area contributed by atoms with Crippen molar-refractivity contribution in [1.29, 1.82) is 0 Å². The van der Waals surface area contributed by atoms with Gasteiger partial charge in [-0.15, -0.1) is 0 Å². The predicted molar refractivity (Wildman–Crippen MR) is 141 cm³/mol. The van der Waals surface area contributed by atoms with Gasteiger partial charge in [-0.2, -0.15) is 31.4 Å². The first-order valence-corrected chi connectivity index (χ1v) is 13.9. The second kappa shape index (κ2) is 12.7. The van der Waals surface area contributed by atoms with Crippen LogP contribution in [0.5, 0.6) is 0 Å². The molecule has 5 rings (SSSR count). The Kier molecular flexibility index (Phi) is 9.21. The number of aromatic nitrogens is 3. The quantitative estimate of drug-likeness (QED) is 0.279. The minimum absolute atomic E-state index is 0.110. The van der Waals surface area contributed by atoms with E-state index in [-0.39, 0.29) is 18.2 Å². The maximum atomic E-state index is 13.5. The van der Waals surface area contributed by atoms with Gasteiger partial charge in [-0.05, 0) is 62.2 Å². The van der Waals surface area contributed by atoms with Crippen molar-refractivity contribution >= 4 is 0 Å². The summed E-state index contributed by atoms with van der Waals surface area (Å²) in [7, 11) is 0. The van der Waals surface area contributed by atoms with Crippen molar-refractivity contribution in [2.24, 2.45) is 0 Å². The van der Waals surface area contributed by atoms with E-state index in [1.165, 1.54) is 19.8 Å². The van der Waals surface area contributed by atoms with Crippen molar-refractivity contribution in [2.75, 3.05) is 32.8 Å². The van der Waals surface area contributed by atoms with Crippen molar-refractivity contribution < 1.29 is 35.8 Å². The fourth-order valence-corrected chi connectivity index (χ4v) is 5.44. The molecule has 1 unspecified atom stereocenters. The molecule has 0 saturated carbocycles. The zero-order valence-corrected chi connectivity index (χ0v) is 23.1. The van der Waals surface area contributed by atoms with E-state index in [9.17, 15) is 26.3 Å². The molecule has 2 aliphatic heterocycles. The Bertz CT molecular complexity index is 1280. The number of morpholine rings is 1. The zero-order chi connectivity index (χ0) is 29.9. The van der Waals surface area contributed by atoms with Gasteiger partial charge in [-0.3, -0.25) is 9.58 Å². The maximum Gasteiger partial charge on any atom is 0.416 e. The van der Waals surface area contributed by atoms with Crippen molar-refractivity contribution in [1.82, 2.24) is 24.6 Å². The second-order valence-corrected chi connectivity index (χ2v) is 10.7. The summed E-state index contributed by atoms with van der Waals surface area (Å²) in [6.45, 7) is 6.31. The molecule has 3 heterocycles. The van der Waals surface area contributed by atoms with Crippen LogP contribution in [0.4, 0.5) is 26.3 Å². The zero-order valence-electron chi connectivity index (χ0n) is 23.1. The van der Waals surface area contributed by atoms with Gasteiger partial charge in [-0.25, -0.2) is 4.98 Å². The third-order valence-electron chi connectivity index (χ3n) is 7.64. The first-order valence-electron chi connectivity index (χ1n) is 13.9. The van der Waals surface area contributed by atoms with E-state index < -0.39 is 41.9 Å². The molecule has 13 heteroatoms. The number of ether oxygens (including phenoxy) is 2. The Morgan fingerprint density at radius 2 is 1.60 bits per heavy atom.